The Labute approximate surface area is 229 Å². The average molecular weight is 591 g/mol. The molecule has 0 spiro atoms. The molecule has 3 N–H and O–H groups in total. The molecule has 1 aromatic heterocycles. The van der Waals surface area contributed by atoms with Crippen LogP contribution in [-0.2, 0) is 11.0 Å². The molecule has 3 aliphatic rings. The van der Waals surface area contributed by atoms with Gasteiger partial charge in [0.2, 0.25) is 5.91 Å². The molecule has 2 amide bonds. The van der Waals surface area contributed by atoms with Gasteiger partial charge in [0.25, 0.3) is 5.91 Å². The number of aromatic nitrogens is 2. The van der Waals surface area contributed by atoms with E-state index >= 15 is 8.78 Å². The van der Waals surface area contributed by atoms with E-state index in [2.05, 4.69) is 20.8 Å². The minimum Gasteiger partial charge on any atom is -0.391 e. The number of halogens is 7. The highest BCUT2D eigenvalue weighted by Crippen LogP contribution is 2.63. The Morgan fingerprint density at radius 1 is 1.12 bits per heavy atom. The molecule has 40 heavy (non-hydrogen) atoms. The lowest BCUT2D eigenvalue weighted by atomic mass is 9.74. The predicted molar refractivity (Wildman–Crippen MR) is 129 cm³/mol. The molecule has 7 nitrogen and oxygen atoms in total. The lowest BCUT2D eigenvalue weighted by Gasteiger charge is -2.37. The number of carbonyl (C=O) groups is 2. The van der Waals surface area contributed by atoms with Gasteiger partial charge >= 0.3 is 6.18 Å². The van der Waals surface area contributed by atoms with Crippen LogP contribution in [-0.4, -0.2) is 44.9 Å². The summed E-state index contributed by atoms with van der Waals surface area (Å²) in [5.41, 5.74) is -4.70. The SMILES string of the molecule is O=C(N[C@H]1C[C@@H](C(=O)N[C@H](c2c(F)ccc(Cl)c2F)C23CCC(F)(CC2)C3)C[C@H]1O)c1cc(C(F)(F)F)cnn1. The summed E-state index contributed by atoms with van der Waals surface area (Å²) >= 11 is 5.92. The molecular weight excluding hydrogens is 566 g/mol. The standard InChI is InChI=1S/C26H25ClF6N4O3/c27-14-1-2-15(28)19(20(14)29)21(24-3-5-25(30,11-24)6-4-24)36-22(39)12-7-16(18(38)8-12)35-23(40)17-9-13(10-34-37-17)26(31,32)33/h1-2,9-10,12,16,18,21,38H,3-8,11H2,(H,35,40)(H,36,39)/t12-,16+,18-,21-,24?,25?/m1/s1. The van der Waals surface area contributed by atoms with Crippen LogP contribution in [0.3, 0.4) is 0 Å². The van der Waals surface area contributed by atoms with Gasteiger partial charge in [-0.15, -0.1) is 5.10 Å². The normalized spacial score (nSPS) is 30.4. The molecule has 3 saturated carbocycles. The van der Waals surface area contributed by atoms with E-state index in [-0.39, 0.29) is 37.1 Å². The van der Waals surface area contributed by atoms with Crippen LogP contribution in [0.15, 0.2) is 24.4 Å². The largest absolute Gasteiger partial charge is 0.418 e. The zero-order chi connectivity index (χ0) is 29.0. The van der Waals surface area contributed by atoms with Gasteiger partial charge in [-0.1, -0.05) is 11.6 Å². The van der Waals surface area contributed by atoms with E-state index < -0.39 is 81.6 Å². The molecule has 2 aromatic rings. The minimum absolute atomic E-state index is 0.0142. The van der Waals surface area contributed by atoms with Crippen LogP contribution in [0, 0.1) is 23.0 Å². The second kappa shape index (κ2) is 10.2. The van der Waals surface area contributed by atoms with Gasteiger partial charge in [-0.05, 0) is 68.6 Å². The first kappa shape index (κ1) is 28.6. The Morgan fingerprint density at radius 2 is 1.82 bits per heavy atom. The zero-order valence-electron chi connectivity index (χ0n) is 20.9. The molecule has 2 bridgehead atoms. The molecule has 1 heterocycles. The van der Waals surface area contributed by atoms with Crippen molar-refractivity contribution in [3.8, 4) is 0 Å². The van der Waals surface area contributed by atoms with Crippen molar-refractivity contribution in [2.45, 2.75) is 75.0 Å². The number of benzene rings is 1. The molecular formula is C26H25ClF6N4O3. The summed E-state index contributed by atoms with van der Waals surface area (Å²) in [5.74, 6) is -4.61. The van der Waals surface area contributed by atoms with Gasteiger partial charge in [-0.25, -0.2) is 13.2 Å². The van der Waals surface area contributed by atoms with Gasteiger partial charge < -0.3 is 15.7 Å². The van der Waals surface area contributed by atoms with Crippen LogP contribution in [0.4, 0.5) is 26.3 Å². The third kappa shape index (κ3) is 5.25. The summed E-state index contributed by atoms with van der Waals surface area (Å²) in [5, 5.41) is 21.8. The topological polar surface area (TPSA) is 104 Å². The van der Waals surface area contributed by atoms with E-state index in [4.69, 9.17) is 11.6 Å². The molecule has 0 radical (unpaired) electrons. The van der Waals surface area contributed by atoms with Gasteiger partial charge in [-0.3, -0.25) is 9.59 Å². The minimum atomic E-state index is -4.75. The van der Waals surface area contributed by atoms with E-state index in [1.165, 1.54) is 0 Å². The van der Waals surface area contributed by atoms with E-state index in [0.717, 1.165) is 12.1 Å². The Hall–Kier alpha value is -2.93. The lowest BCUT2D eigenvalue weighted by molar-refractivity contribution is -0.138. The highest BCUT2D eigenvalue weighted by molar-refractivity contribution is 6.30. The van der Waals surface area contributed by atoms with E-state index in [0.29, 0.717) is 25.1 Å². The molecule has 0 saturated heterocycles. The summed E-state index contributed by atoms with van der Waals surface area (Å²) < 4.78 is 84.2. The van der Waals surface area contributed by atoms with Crippen molar-refractivity contribution in [1.29, 1.82) is 0 Å². The second-order valence-corrected chi connectivity index (χ2v) is 11.4. The van der Waals surface area contributed by atoms with Crippen molar-refractivity contribution in [1.82, 2.24) is 20.8 Å². The maximum absolute atomic E-state index is 15.2. The molecule has 3 aliphatic carbocycles. The van der Waals surface area contributed by atoms with Crippen molar-refractivity contribution in [2.24, 2.45) is 11.3 Å². The lowest BCUT2D eigenvalue weighted by Crippen LogP contribution is -2.43. The number of hydrogen-bond donors (Lipinski definition) is 3. The smallest absolute Gasteiger partial charge is 0.391 e. The second-order valence-electron chi connectivity index (χ2n) is 11.0. The van der Waals surface area contributed by atoms with Crippen molar-refractivity contribution in [3.05, 3.63) is 57.9 Å². The van der Waals surface area contributed by atoms with Crippen LogP contribution in [0.2, 0.25) is 5.02 Å². The number of aliphatic hydroxyl groups is 1. The Kier molecular flexibility index (Phi) is 7.26. The van der Waals surface area contributed by atoms with Gasteiger partial charge in [0, 0.05) is 11.5 Å². The van der Waals surface area contributed by atoms with Crippen molar-refractivity contribution in [3.63, 3.8) is 0 Å². The third-order valence-corrected chi connectivity index (χ3v) is 8.80. The quantitative estimate of drug-likeness (QED) is 0.330. The summed E-state index contributed by atoms with van der Waals surface area (Å²) in [4.78, 5) is 25.9. The van der Waals surface area contributed by atoms with Crippen LogP contribution >= 0.6 is 11.6 Å². The maximum Gasteiger partial charge on any atom is 0.418 e. The number of nitrogens with one attached hydrogen (secondary N) is 2. The van der Waals surface area contributed by atoms with Crippen LogP contribution < -0.4 is 10.6 Å². The number of amides is 2. The molecule has 0 aliphatic heterocycles. The fourth-order valence-electron chi connectivity index (χ4n) is 6.43. The van der Waals surface area contributed by atoms with Gasteiger partial charge in [0.05, 0.1) is 35.0 Å². The highest BCUT2D eigenvalue weighted by Gasteiger charge is 2.59. The number of nitrogens with zero attached hydrogens (tertiary/aromatic N) is 2. The van der Waals surface area contributed by atoms with Gasteiger partial charge in [0.15, 0.2) is 5.69 Å². The summed E-state index contributed by atoms with van der Waals surface area (Å²) in [7, 11) is 0. The summed E-state index contributed by atoms with van der Waals surface area (Å²) in [6.45, 7) is 0. The van der Waals surface area contributed by atoms with Crippen LogP contribution in [0.5, 0.6) is 0 Å². The van der Waals surface area contributed by atoms with Gasteiger partial charge in [-0.2, -0.15) is 18.3 Å². The van der Waals surface area contributed by atoms with Crippen LogP contribution in [0.1, 0.15) is 72.6 Å². The van der Waals surface area contributed by atoms with Crippen molar-refractivity contribution in [2.75, 3.05) is 0 Å². The number of carbonyl (C=O) groups excluding carboxylic acids is 2. The number of hydrogen-bond acceptors (Lipinski definition) is 5. The van der Waals surface area contributed by atoms with E-state index in [1.807, 2.05) is 0 Å². The maximum atomic E-state index is 15.2. The monoisotopic (exact) mass is 590 g/mol. The molecule has 1 aromatic carbocycles. The first-order valence-electron chi connectivity index (χ1n) is 12.7. The molecule has 0 unspecified atom stereocenters. The van der Waals surface area contributed by atoms with Crippen molar-refractivity contribution < 1.29 is 41.0 Å². The Morgan fingerprint density at radius 3 is 2.45 bits per heavy atom. The molecule has 4 atom stereocenters. The van der Waals surface area contributed by atoms with Gasteiger partial charge in [0.1, 0.15) is 17.3 Å². The number of rotatable bonds is 6. The van der Waals surface area contributed by atoms with Crippen LogP contribution in [0.25, 0.3) is 0 Å². The Bertz CT molecular complexity index is 1330. The fourth-order valence-corrected chi connectivity index (χ4v) is 6.59. The molecule has 216 valence electrons. The third-order valence-electron chi connectivity index (χ3n) is 8.51. The summed E-state index contributed by atoms with van der Waals surface area (Å²) in [6.07, 6.45) is -4.80. The fraction of sp³-hybridized carbons (Fsp3) is 0.538. The number of aliphatic hydroxyl groups excluding tert-OH is 1. The van der Waals surface area contributed by atoms with E-state index in [1.54, 1.807) is 0 Å². The number of alkyl halides is 4. The first-order chi connectivity index (χ1) is 18.7. The zero-order valence-corrected chi connectivity index (χ0v) is 21.6. The molecule has 5 rings (SSSR count). The predicted octanol–water partition coefficient (Wildman–Crippen LogP) is 4.83. The first-order valence-corrected chi connectivity index (χ1v) is 13.1. The molecule has 3 fully saturated rings. The highest BCUT2D eigenvalue weighted by atomic mass is 35.5. The Balaban J connectivity index is 1.33. The van der Waals surface area contributed by atoms with E-state index in [9.17, 15) is 32.3 Å². The number of fused-ring (bicyclic) bond motifs is 2. The molecule has 14 heteroatoms. The average Bonchev–Trinajstić information content (AvgIpc) is 3.56. The summed E-state index contributed by atoms with van der Waals surface area (Å²) in [6, 6.07) is 0.284. The van der Waals surface area contributed by atoms with Crippen molar-refractivity contribution >= 4 is 23.4 Å².